The predicted molar refractivity (Wildman–Crippen MR) is 56.4 cm³/mol. The van der Waals surface area contributed by atoms with Crippen molar-refractivity contribution in [1.29, 1.82) is 0 Å². The predicted octanol–water partition coefficient (Wildman–Crippen LogP) is 1.11. The van der Waals surface area contributed by atoms with Crippen LogP contribution >= 0.6 is 0 Å². The minimum atomic E-state index is -1.02. The molecular weight excluding hydrogens is 210 g/mol. The van der Waals surface area contributed by atoms with Gasteiger partial charge in [-0.2, -0.15) is 0 Å². The van der Waals surface area contributed by atoms with Crippen LogP contribution in [0.25, 0.3) is 0 Å². The van der Waals surface area contributed by atoms with Crippen LogP contribution in [0.15, 0.2) is 24.3 Å². The standard InChI is InChI=1S/C11H11NO4/c13-10(14)7-3-1-2-4-8(7)12-9-5-6-16-11(9)15/h1-4,9,12H,5-6H2,(H,13,14)/t9-/m1/s1. The average Bonchev–Trinajstić information content (AvgIpc) is 2.65. The van der Waals surface area contributed by atoms with E-state index in [0.717, 1.165) is 0 Å². The van der Waals surface area contributed by atoms with E-state index in [-0.39, 0.29) is 11.5 Å². The maximum atomic E-state index is 11.2. The second kappa shape index (κ2) is 4.22. The van der Waals surface area contributed by atoms with Crippen molar-refractivity contribution in [2.24, 2.45) is 0 Å². The summed E-state index contributed by atoms with van der Waals surface area (Å²) < 4.78 is 4.79. The van der Waals surface area contributed by atoms with Gasteiger partial charge in [0.2, 0.25) is 0 Å². The fraction of sp³-hybridized carbons (Fsp3) is 0.273. The number of anilines is 1. The number of cyclic esters (lactones) is 1. The molecule has 1 fully saturated rings. The molecule has 1 aliphatic rings. The normalized spacial score (nSPS) is 19.2. The Labute approximate surface area is 92.0 Å². The number of benzene rings is 1. The fourth-order valence-corrected chi connectivity index (χ4v) is 1.61. The van der Waals surface area contributed by atoms with Gasteiger partial charge in [0.15, 0.2) is 0 Å². The van der Waals surface area contributed by atoms with Gasteiger partial charge >= 0.3 is 11.9 Å². The average molecular weight is 221 g/mol. The summed E-state index contributed by atoms with van der Waals surface area (Å²) >= 11 is 0. The summed E-state index contributed by atoms with van der Waals surface area (Å²) in [4.78, 5) is 22.1. The maximum absolute atomic E-state index is 11.2. The SMILES string of the molecule is O=C(O)c1ccccc1N[C@@H]1CCOC1=O. The van der Waals surface area contributed by atoms with Crippen molar-refractivity contribution in [3.05, 3.63) is 29.8 Å². The number of carbonyl (C=O) groups is 2. The van der Waals surface area contributed by atoms with Gasteiger partial charge in [-0.3, -0.25) is 0 Å². The van der Waals surface area contributed by atoms with Crippen LogP contribution in [0.5, 0.6) is 0 Å². The highest BCUT2D eigenvalue weighted by Gasteiger charge is 2.27. The van der Waals surface area contributed by atoms with E-state index in [1.807, 2.05) is 0 Å². The molecule has 1 aromatic carbocycles. The summed E-state index contributed by atoms with van der Waals surface area (Å²) in [5.74, 6) is -1.35. The molecule has 0 bridgehead atoms. The summed E-state index contributed by atoms with van der Waals surface area (Å²) in [7, 11) is 0. The first-order valence-corrected chi connectivity index (χ1v) is 4.94. The molecule has 0 unspecified atom stereocenters. The quantitative estimate of drug-likeness (QED) is 0.748. The summed E-state index contributed by atoms with van der Waals surface area (Å²) in [6.45, 7) is 0.381. The molecule has 5 nitrogen and oxygen atoms in total. The van der Waals surface area contributed by atoms with E-state index in [2.05, 4.69) is 5.32 Å². The second-order valence-corrected chi connectivity index (χ2v) is 3.50. The van der Waals surface area contributed by atoms with Gasteiger partial charge < -0.3 is 15.2 Å². The number of ether oxygens (including phenoxy) is 1. The van der Waals surface area contributed by atoms with Crippen LogP contribution in [0.4, 0.5) is 5.69 Å². The Hall–Kier alpha value is -2.04. The first-order chi connectivity index (χ1) is 7.68. The van der Waals surface area contributed by atoms with Crippen molar-refractivity contribution in [1.82, 2.24) is 0 Å². The molecule has 0 radical (unpaired) electrons. The Morgan fingerprint density at radius 1 is 1.44 bits per heavy atom. The van der Waals surface area contributed by atoms with Gasteiger partial charge in [0.25, 0.3) is 0 Å². The molecule has 84 valence electrons. The topological polar surface area (TPSA) is 75.6 Å². The number of carboxylic acid groups (broad SMARTS) is 1. The minimum absolute atomic E-state index is 0.155. The molecule has 1 aromatic rings. The smallest absolute Gasteiger partial charge is 0.337 e. The van der Waals surface area contributed by atoms with Crippen molar-refractivity contribution in [2.45, 2.75) is 12.5 Å². The van der Waals surface area contributed by atoms with E-state index in [9.17, 15) is 9.59 Å². The Bertz CT molecular complexity index is 430. The molecule has 0 amide bonds. The Kier molecular flexibility index (Phi) is 2.76. The third-order valence-electron chi connectivity index (χ3n) is 2.42. The number of carboxylic acids is 1. The van der Waals surface area contributed by atoms with Crippen molar-refractivity contribution in [3.8, 4) is 0 Å². The minimum Gasteiger partial charge on any atom is -0.478 e. The van der Waals surface area contributed by atoms with Crippen LogP contribution in [0, 0.1) is 0 Å². The van der Waals surface area contributed by atoms with E-state index in [1.165, 1.54) is 6.07 Å². The zero-order valence-corrected chi connectivity index (χ0v) is 8.47. The number of aromatic carboxylic acids is 1. The number of esters is 1. The third-order valence-corrected chi connectivity index (χ3v) is 2.42. The van der Waals surface area contributed by atoms with E-state index in [1.54, 1.807) is 18.2 Å². The summed E-state index contributed by atoms with van der Waals surface area (Å²) in [5, 5.41) is 11.8. The molecule has 1 atom stereocenters. The number of carbonyl (C=O) groups excluding carboxylic acids is 1. The first-order valence-electron chi connectivity index (χ1n) is 4.94. The van der Waals surface area contributed by atoms with Gasteiger partial charge in [-0.15, -0.1) is 0 Å². The maximum Gasteiger partial charge on any atom is 0.337 e. The van der Waals surface area contributed by atoms with Gasteiger partial charge in [-0.05, 0) is 12.1 Å². The lowest BCUT2D eigenvalue weighted by Gasteiger charge is -2.12. The van der Waals surface area contributed by atoms with Crippen molar-refractivity contribution in [3.63, 3.8) is 0 Å². The van der Waals surface area contributed by atoms with Gasteiger partial charge in [0.05, 0.1) is 12.2 Å². The number of para-hydroxylation sites is 1. The van der Waals surface area contributed by atoms with Gasteiger partial charge in [0.1, 0.15) is 6.04 Å². The molecule has 2 N–H and O–H groups in total. The zero-order chi connectivity index (χ0) is 11.5. The molecule has 0 aromatic heterocycles. The third kappa shape index (κ3) is 1.98. The highest BCUT2D eigenvalue weighted by Crippen LogP contribution is 2.19. The zero-order valence-electron chi connectivity index (χ0n) is 8.47. The second-order valence-electron chi connectivity index (χ2n) is 3.50. The Morgan fingerprint density at radius 2 is 2.19 bits per heavy atom. The molecule has 5 heteroatoms. The van der Waals surface area contributed by atoms with Gasteiger partial charge in [0, 0.05) is 12.1 Å². The molecule has 16 heavy (non-hydrogen) atoms. The lowest BCUT2D eigenvalue weighted by molar-refractivity contribution is -0.138. The van der Waals surface area contributed by atoms with Crippen molar-refractivity contribution < 1.29 is 19.4 Å². The molecule has 0 aliphatic carbocycles. The van der Waals surface area contributed by atoms with Crippen LogP contribution in [0.1, 0.15) is 16.8 Å². The highest BCUT2D eigenvalue weighted by atomic mass is 16.5. The van der Waals surface area contributed by atoms with Crippen LogP contribution in [-0.4, -0.2) is 29.7 Å². The molecule has 1 saturated heterocycles. The lowest BCUT2D eigenvalue weighted by Crippen LogP contribution is -2.25. The molecule has 1 heterocycles. The van der Waals surface area contributed by atoms with E-state index >= 15 is 0 Å². The highest BCUT2D eigenvalue weighted by molar-refractivity contribution is 5.95. The molecular formula is C11H11NO4. The molecule has 2 rings (SSSR count). The number of hydrogen-bond acceptors (Lipinski definition) is 4. The molecule has 1 aliphatic heterocycles. The van der Waals surface area contributed by atoms with Crippen molar-refractivity contribution >= 4 is 17.6 Å². The summed E-state index contributed by atoms with van der Waals surface area (Å²) in [6, 6.07) is 6.04. The Morgan fingerprint density at radius 3 is 2.81 bits per heavy atom. The van der Waals surface area contributed by atoms with Gasteiger partial charge in [-0.1, -0.05) is 12.1 Å². The van der Waals surface area contributed by atoms with Crippen LogP contribution in [0.3, 0.4) is 0 Å². The number of nitrogens with one attached hydrogen (secondary N) is 1. The summed E-state index contributed by atoms with van der Waals surface area (Å²) in [5.41, 5.74) is 0.598. The van der Waals surface area contributed by atoms with Crippen molar-refractivity contribution in [2.75, 3.05) is 11.9 Å². The molecule has 0 saturated carbocycles. The molecule has 0 spiro atoms. The van der Waals surface area contributed by atoms with Gasteiger partial charge in [-0.25, -0.2) is 9.59 Å². The number of hydrogen-bond donors (Lipinski definition) is 2. The number of rotatable bonds is 3. The van der Waals surface area contributed by atoms with Crippen LogP contribution in [-0.2, 0) is 9.53 Å². The Balaban J connectivity index is 2.20. The lowest BCUT2D eigenvalue weighted by atomic mass is 10.1. The first kappa shape index (κ1) is 10.5. The van der Waals surface area contributed by atoms with Crippen LogP contribution < -0.4 is 5.32 Å². The summed E-state index contributed by atoms with van der Waals surface area (Å²) in [6.07, 6.45) is 0.562. The fourth-order valence-electron chi connectivity index (χ4n) is 1.61. The van der Waals surface area contributed by atoms with E-state index in [4.69, 9.17) is 9.84 Å². The largest absolute Gasteiger partial charge is 0.478 e. The monoisotopic (exact) mass is 221 g/mol. The van der Waals surface area contributed by atoms with E-state index < -0.39 is 12.0 Å². The van der Waals surface area contributed by atoms with E-state index in [0.29, 0.717) is 18.7 Å². The van der Waals surface area contributed by atoms with Crippen LogP contribution in [0.2, 0.25) is 0 Å².